The number of halogens is 2. The van der Waals surface area contributed by atoms with E-state index in [0.29, 0.717) is 15.6 Å². The molecule has 1 aromatic carbocycles. The van der Waals surface area contributed by atoms with Crippen molar-refractivity contribution in [3.05, 3.63) is 44.9 Å². The molecule has 4 rings (SSSR count). The maximum atomic E-state index is 13.0. The normalized spacial score (nSPS) is 18.4. The molecule has 1 aliphatic carbocycles. The molecule has 2 fully saturated rings. The molecule has 30 heavy (non-hydrogen) atoms. The van der Waals surface area contributed by atoms with Gasteiger partial charge < -0.3 is 5.73 Å². The molecule has 1 saturated heterocycles. The number of nitrogen functional groups attached to an aromatic ring is 1. The fourth-order valence-corrected chi connectivity index (χ4v) is 5.10. The van der Waals surface area contributed by atoms with E-state index in [1.807, 2.05) is 6.07 Å². The fourth-order valence-electron chi connectivity index (χ4n) is 3.46. The van der Waals surface area contributed by atoms with E-state index in [0.717, 1.165) is 29.5 Å². The first-order chi connectivity index (χ1) is 14.3. The van der Waals surface area contributed by atoms with Crippen molar-refractivity contribution < 1.29 is 9.59 Å². The summed E-state index contributed by atoms with van der Waals surface area (Å²) in [7, 11) is 0. The SMILES string of the molecule is N#Cc1c(N)nc(SC2CC(=O)N(c3cc(Cl)cc(Cl)c3)C2=O)c(C#N)c1C1CC1. The van der Waals surface area contributed by atoms with Crippen LogP contribution in [0, 0.1) is 22.7 Å². The number of thioether (sulfide) groups is 1. The van der Waals surface area contributed by atoms with Crippen LogP contribution in [0.4, 0.5) is 11.5 Å². The van der Waals surface area contributed by atoms with Crippen LogP contribution in [0.15, 0.2) is 23.2 Å². The summed E-state index contributed by atoms with van der Waals surface area (Å²) in [5, 5.41) is 19.2. The van der Waals surface area contributed by atoms with Crippen LogP contribution in [0.3, 0.4) is 0 Å². The number of amides is 2. The number of nitriles is 2. The van der Waals surface area contributed by atoms with E-state index in [4.69, 9.17) is 28.9 Å². The van der Waals surface area contributed by atoms with Gasteiger partial charge in [-0.05, 0) is 42.5 Å². The highest BCUT2D eigenvalue weighted by atomic mass is 35.5. The number of aromatic nitrogens is 1. The van der Waals surface area contributed by atoms with Crippen LogP contribution in [0.1, 0.15) is 41.9 Å². The van der Waals surface area contributed by atoms with Crippen molar-refractivity contribution in [2.75, 3.05) is 10.6 Å². The summed E-state index contributed by atoms with van der Waals surface area (Å²) < 4.78 is 0. The first-order valence-corrected chi connectivity index (χ1v) is 10.6. The number of carbonyl (C=O) groups is 2. The third-order valence-corrected chi connectivity index (χ3v) is 6.51. The molecule has 2 aliphatic rings. The van der Waals surface area contributed by atoms with Gasteiger partial charge in [0.25, 0.3) is 0 Å². The van der Waals surface area contributed by atoms with Crippen molar-refractivity contribution in [2.24, 2.45) is 0 Å². The average molecular weight is 458 g/mol. The molecule has 150 valence electrons. The van der Waals surface area contributed by atoms with Crippen molar-refractivity contribution >= 4 is 58.3 Å². The third kappa shape index (κ3) is 3.59. The van der Waals surface area contributed by atoms with Crippen molar-refractivity contribution in [1.29, 1.82) is 10.5 Å². The molecule has 7 nitrogen and oxygen atoms in total. The van der Waals surface area contributed by atoms with Crippen LogP contribution in [0.25, 0.3) is 0 Å². The quantitative estimate of drug-likeness (QED) is 0.687. The molecule has 2 amide bonds. The van der Waals surface area contributed by atoms with E-state index in [1.54, 1.807) is 0 Å². The Morgan fingerprint density at radius 1 is 1.10 bits per heavy atom. The average Bonchev–Trinajstić information content (AvgIpc) is 3.47. The Balaban J connectivity index is 1.69. The smallest absolute Gasteiger partial charge is 0.247 e. The number of imide groups is 1. The molecular weight excluding hydrogens is 445 g/mol. The molecule has 0 radical (unpaired) electrons. The Labute approximate surface area is 186 Å². The lowest BCUT2D eigenvalue weighted by Crippen LogP contribution is -2.31. The lowest BCUT2D eigenvalue weighted by Gasteiger charge is -2.16. The van der Waals surface area contributed by atoms with Gasteiger partial charge in [0.15, 0.2) is 0 Å². The Kier molecular flexibility index (Phi) is 5.33. The number of hydrogen-bond acceptors (Lipinski definition) is 7. The number of hydrogen-bond donors (Lipinski definition) is 1. The highest BCUT2D eigenvalue weighted by molar-refractivity contribution is 8.00. The van der Waals surface area contributed by atoms with Gasteiger partial charge in [-0.2, -0.15) is 10.5 Å². The van der Waals surface area contributed by atoms with Gasteiger partial charge in [0.05, 0.1) is 22.1 Å². The van der Waals surface area contributed by atoms with Crippen LogP contribution < -0.4 is 10.6 Å². The summed E-state index contributed by atoms with van der Waals surface area (Å²) in [4.78, 5) is 30.8. The summed E-state index contributed by atoms with van der Waals surface area (Å²) in [5.74, 6) is -0.746. The molecular formula is C20H13Cl2N5O2S. The molecule has 2 N–H and O–H groups in total. The number of anilines is 2. The zero-order valence-corrected chi connectivity index (χ0v) is 17.7. The maximum absolute atomic E-state index is 13.0. The van der Waals surface area contributed by atoms with E-state index >= 15 is 0 Å². The Bertz CT molecular complexity index is 1160. The predicted octanol–water partition coefficient (Wildman–Crippen LogP) is 4.02. The minimum Gasteiger partial charge on any atom is -0.383 e. The van der Waals surface area contributed by atoms with Gasteiger partial charge in [-0.1, -0.05) is 35.0 Å². The van der Waals surface area contributed by atoms with Gasteiger partial charge in [-0.15, -0.1) is 0 Å². The maximum Gasteiger partial charge on any atom is 0.247 e. The molecule has 1 saturated carbocycles. The first-order valence-electron chi connectivity index (χ1n) is 8.97. The fraction of sp³-hybridized carbons (Fsp3) is 0.250. The van der Waals surface area contributed by atoms with Gasteiger partial charge >= 0.3 is 0 Å². The van der Waals surface area contributed by atoms with Gasteiger partial charge in [0, 0.05) is 16.5 Å². The third-order valence-electron chi connectivity index (χ3n) is 4.90. The second kappa shape index (κ2) is 7.81. The molecule has 0 spiro atoms. The van der Waals surface area contributed by atoms with E-state index in [9.17, 15) is 20.1 Å². The van der Waals surface area contributed by atoms with Crippen molar-refractivity contribution in [2.45, 2.75) is 35.5 Å². The zero-order valence-electron chi connectivity index (χ0n) is 15.4. The van der Waals surface area contributed by atoms with E-state index in [2.05, 4.69) is 11.1 Å². The van der Waals surface area contributed by atoms with Crippen LogP contribution in [-0.4, -0.2) is 22.0 Å². The summed E-state index contributed by atoms with van der Waals surface area (Å²) in [6.45, 7) is 0. The highest BCUT2D eigenvalue weighted by Crippen LogP contribution is 2.47. The van der Waals surface area contributed by atoms with E-state index < -0.39 is 17.1 Å². The minimum atomic E-state index is -0.783. The highest BCUT2D eigenvalue weighted by Gasteiger charge is 2.42. The molecule has 10 heteroatoms. The number of rotatable bonds is 4. The van der Waals surface area contributed by atoms with E-state index in [-0.39, 0.29) is 40.0 Å². The molecule has 1 aromatic heterocycles. The Hall–Kier alpha value is -2.78. The van der Waals surface area contributed by atoms with Gasteiger partial charge in [-0.25, -0.2) is 9.88 Å². The number of nitrogens with two attached hydrogens (primary N) is 1. The molecule has 2 aromatic rings. The summed E-state index contributed by atoms with van der Waals surface area (Å²) in [6.07, 6.45) is 1.65. The van der Waals surface area contributed by atoms with Crippen molar-refractivity contribution in [3.8, 4) is 12.1 Å². The number of nitrogens with zero attached hydrogens (tertiary/aromatic N) is 4. The second-order valence-electron chi connectivity index (χ2n) is 6.97. The van der Waals surface area contributed by atoms with E-state index in [1.165, 1.54) is 18.2 Å². The summed E-state index contributed by atoms with van der Waals surface area (Å²) in [6, 6.07) is 8.62. The molecule has 1 unspecified atom stereocenters. The Morgan fingerprint density at radius 3 is 2.30 bits per heavy atom. The molecule has 1 atom stereocenters. The lowest BCUT2D eigenvalue weighted by atomic mass is 10.0. The standard InChI is InChI=1S/C20H13Cl2N5O2S/c21-10-3-11(22)5-12(4-10)27-16(28)6-15(20(27)29)30-19-14(8-24)17(9-1-2-9)13(7-23)18(25)26-19/h3-5,9,15H,1-2,6H2,(H2,25,26). The Morgan fingerprint density at radius 2 is 1.73 bits per heavy atom. The molecule has 2 heterocycles. The monoisotopic (exact) mass is 457 g/mol. The van der Waals surface area contributed by atoms with Crippen LogP contribution in [0.2, 0.25) is 10.0 Å². The second-order valence-corrected chi connectivity index (χ2v) is 9.03. The zero-order chi connectivity index (χ0) is 21.6. The van der Waals surface area contributed by atoms with Gasteiger partial charge in [0.2, 0.25) is 11.8 Å². The largest absolute Gasteiger partial charge is 0.383 e. The van der Waals surface area contributed by atoms with Crippen LogP contribution >= 0.6 is 35.0 Å². The van der Waals surface area contributed by atoms with Crippen LogP contribution in [-0.2, 0) is 9.59 Å². The molecule has 1 aliphatic heterocycles. The van der Waals surface area contributed by atoms with Crippen molar-refractivity contribution in [1.82, 2.24) is 4.98 Å². The summed E-state index contributed by atoms with van der Waals surface area (Å²) in [5.41, 5.74) is 7.30. The van der Waals surface area contributed by atoms with Gasteiger partial charge in [0.1, 0.15) is 23.0 Å². The first kappa shape index (κ1) is 20.5. The number of benzene rings is 1. The lowest BCUT2D eigenvalue weighted by molar-refractivity contribution is -0.121. The predicted molar refractivity (Wildman–Crippen MR) is 113 cm³/mol. The van der Waals surface area contributed by atoms with Crippen LogP contribution in [0.5, 0.6) is 0 Å². The number of pyridine rings is 1. The molecule has 0 bridgehead atoms. The topological polar surface area (TPSA) is 124 Å². The summed E-state index contributed by atoms with van der Waals surface area (Å²) >= 11 is 13.0. The van der Waals surface area contributed by atoms with Crippen molar-refractivity contribution in [3.63, 3.8) is 0 Å². The number of carbonyl (C=O) groups excluding carboxylic acids is 2. The van der Waals surface area contributed by atoms with Gasteiger partial charge in [-0.3, -0.25) is 9.59 Å². The minimum absolute atomic E-state index is 0.0242.